The molecular weight excluding hydrogens is 260 g/mol. The number of piperidine rings is 1. The van der Waals surface area contributed by atoms with Gasteiger partial charge in [-0.05, 0) is 31.4 Å². The quantitative estimate of drug-likeness (QED) is 0.814. The fourth-order valence-corrected chi connectivity index (χ4v) is 4.04. The van der Waals surface area contributed by atoms with Crippen LogP contribution in [0.1, 0.15) is 37.1 Å². The molecule has 21 heavy (non-hydrogen) atoms. The lowest BCUT2D eigenvalue weighted by atomic mass is 9.81. The van der Waals surface area contributed by atoms with Gasteiger partial charge in [-0.2, -0.15) is 0 Å². The summed E-state index contributed by atoms with van der Waals surface area (Å²) >= 11 is 0. The van der Waals surface area contributed by atoms with Crippen LogP contribution in [-0.4, -0.2) is 27.8 Å². The first-order valence-electron chi connectivity index (χ1n) is 7.56. The number of aromatic nitrogens is 1. The normalized spacial score (nSPS) is 26.4. The van der Waals surface area contributed by atoms with Crippen LogP contribution in [0.25, 0.3) is 10.9 Å². The van der Waals surface area contributed by atoms with Crippen LogP contribution >= 0.6 is 0 Å². The Kier molecular flexibility index (Phi) is 2.70. The molecule has 0 spiro atoms. The van der Waals surface area contributed by atoms with E-state index in [1.807, 2.05) is 13.0 Å². The Labute approximate surface area is 124 Å². The maximum Gasteiger partial charge on any atom is 0.150 e. The molecule has 0 saturated carbocycles. The molecule has 1 fully saturated rings. The van der Waals surface area contributed by atoms with Crippen molar-refractivity contribution in [2.75, 3.05) is 0 Å². The molecule has 1 aromatic heterocycles. The third-order valence-corrected chi connectivity index (χ3v) is 5.02. The van der Waals surface area contributed by atoms with Crippen LogP contribution in [-0.2, 0) is 11.2 Å². The SMILES string of the molecule is C#C[C@H](C)N1[C@H]2Cc3c([nH]c4ccccc34)[C@@H]1CCC2=O. The van der Waals surface area contributed by atoms with Crippen molar-refractivity contribution in [1.29, 1.82) is 0 Å². The average molecular weight is 278 g/mol. The van der Waals surface area contributed by atoms with Crippen LogP contribution in [0.4, 0.5) is 0 Å². The lowest BCUT2D eigenvalue weighted by Crippen LogP contribution is -2.54. The molecule has 1 aromatic carbocycles. The predicted molar refractivity (Wildman–Crippen MR) is 82.9 cm³/mol. The highest BCUT2D eigenvalue weighted by Crippen LogP contribution is 2.43. The van der Waals surface area contributed by atoms with Gasteiger partial charge in [-0.25, -0.2) is 0 Å². The van der Waals surface area contributed by atoms with Gasteiger partial charge in [-0.15, -0.1) is 6.42 Å². The minimum Gasteiger partial charge on any atom is -0.357 e. The number of nitrogens with zero attached hydrogens (tertiary/aromatic N) is 1. The summed E-state index contributed by atoms with van der Waals surface area (Å²) < 4.78 is 0. The Morgan fingerprint density at radius 1 is 1.38 bits per heavy atom. The van der Waals surface area contributed by atoms with Crippen molar-refractivity contribution in [3.63, 3.8) is 0 Å². The zero-order valence-corrected chi connectivity index (χ0v) is 12.1. The topological polar surface area (TPSA) is 36.1 Å². The number of hydrogen-bond donors (Lipinski definition) is 1. The fourth-order valence-electron chi connectivity index (χ4n) is 4.04. The van der Waals surface area contributed by atoms with Crippen LogP contribution in [0.2, 0.25) is 0 Å². The fraction of sp³-hybridized carbons (Fsp3) is 0.389. The number of nitrogens with one attached hydrogen (secondary N) is 1. The number of hydrogen-bond acceptors (Lipinski definition) is 2. The maximum atomic E-state index is 12.4. The van der Waals surface area contributed by atoms with E-state index in [0.29, 0.717) is 12.2 Å². The first-order chi connectivity index (χ1) is 10.2. The molecule has 0 radical (unpaired) electrons. The number of rotatable bonds is 1. The van der Waals surface area contributed by atoms with Crippen LogP contribution in [0, 0.1) is 12.3 Å². The van der Waals surface area contributed by atoms with E-state index in [1.165, 1.54) is 16.6 Å². The van der Waals surface area contributed by atoms with Gasteiger partial charge in [0, 0.05) is 23.0 Å². The maximum absolute atomic E-state index is 12.4. The first kappa shape index (κ1) is 12.7. The zero-order chi connectivity index (χ0) is 14.6. The smallest absolute Gasteiger partial charge is 0.150 e. The average Bonchev–Trinajstić information content (AvgIpc) is 2.88. The second-order valence-electron chi connectivity index (χ2n) is 6.09. The Bertz CT molecular complexity index is 767. The number of carbonyl (C=O) groups excluding carboxylic acids is 1. The lowest BCUT2D eigenvalue weighted by molar-refractivity contribution is -0.130. The molecule has 3 heteroatoms. The summed E-state index contributed by atoms with van der Waals surface area (Å²) in [5, 5.41) is 1.25. The van der Waals surface area contributed by atoms with Crippen LogP contribution < -0.4 is 0 Å². The number of terminal acetylenes is 1. The second-order valence-corrected chi connectivity index (χ2v) is 6.09. The summed E-state index contributed by atoms with van der Waals surface area (Å²) in [6.07, 6.45) is 7.94. The van der Waals surface area contributed by atoms with E-state index in [2.05, 4.69) is 34.0 Å². The van der Waals surface area contributed by atoms with E-state index >= 15 is 0 Å². The molecular formula is C18H18N2O. The summed E-state index contributed by atoms with van der Waals surface area (Å²) in [5.41, 5.74) is 3.74. The second kappa shape index (κ2) is 4.47. The highest BCUT2D eigenvalue weighted by molar-refractivity contribution is 5.90. The van der Waals surface area contributed by atoms with Gasteiger partial charge in [0.2, 0.25) is 0 Å². The minimum atomic E-state index is -0.0542. The van der Waals surface area contributed by atoms with Crippen molar-refractivity contribution in [3.05, 3.63) is 35.5 Å². The van der Waals surface area contributed by atoms with E-state index in [4.69, 9.17) is 6.42 Å². The third kappa shape index (κ3) is 1.69. The van der Waals surface area contributed by atoms with Gasteiger partial charge in [0.25, 0.3) is 0 Å². The van der Waals surface area contributed by atoms with E-state index in [-0.39, 0.29) is 18.1 Å². The number of carbonyl (C=O) groups is 1. The largest absolute Gasteiger partial charge is 0.357 e. The molecule has 2 bridgehead atoms. The number of para-hydroxylation sites is 1. The number of aromatic amines is 1. The predicted octanol–water partition coefficient (Wildman–Crippen LogP) is 2.82. The Hall–Kier alpha value is -2.05. The van der Waals surface area contributed by atoms with Crippen LogP contribution in [0.5, 0.6) is 0 Å². The van der Waals surface area contributed by atoms with E-state index in [9.17, 15) is 4.79 Å². The molecule has 4 rings (SSSR count). The Morgan fingerprint density at radius 3 is 3.00 bits per heavy atom. The highest BCUT2D eigenvalue weighted by atomic mass is 16.1. The number of fused-ring (bicyclic) bond motifs is 6. The third-order valence-electron chi connectivity index (χ3n) is 5.02. The number of ketones is 1. The summed E-state index contributed by atoms with van der Waals surface area (Å²) in [6.45, 7) is 2.02. The van der Waals surface area contributed by atoms with Gasteiger partial charge in [0.05, 0.1) is 18.1 Å². The molecule has 0 unspecified atom stereocenters. The summed E-state index contributed by atoms with van der Waals surface area (Å²) in [7, 11) is 0. The lowest BCUT2D eigenvalue weighted by Gasteiger charge is -2.46. The minimum absolute atomic E-state index is 0.0104. The molecule has 3 atom stereocenters. The van der Waals surface area contributed by atoms with Gasteiger partial charge >= 0.3 is 0 Å². The van der Waals surface area contributed by atoms with Crippen molar-refractivity contribution in [2.45, 2.75) is 44.3 Å². The van der Waals surface area contributed by atoms with Gasteiger partial charge in [0.1, 0.15) is 5.78 Å². The number of H-pyrrole nitrogens is 1. The van der Waals surface area contributed by atoms with Crippen molar-refractivity contribution in [3.8, 4) is 12.3 Å². The molecule has 106 valence electrons. The van der Waals surface area contributed by atoms with Crippen molar-refractivity contribution >= 4 is 16.7 Å². The summed E-state index contributed by atoms with van der Waals surface area (Å²) in [4.78, 5) is 18.2. The molecule has 2 aliphatic heterocycles. The Balaban J connectivity index is 1.92. The van der Waals surface area contributed by atoms with Gasteiger partial charge in [-0.3, -0.25) is 9.69 Å². The van der Waals surface area contributed by atoms with Crippen molar-refractivity contribution in [2.24, 2.45) is 0 Å². The number of benzene rings is 1. The molecule has 3 heterocycles. The monoisotopic (exact) mass is 278 g/mol. The van der Waals surface area contributed by atoms with Crippen LogP contribution in [0.15, 0.2) is 24.3 Å². The highest BCUT2D eigenvalue weighted by Gasteiger charge is 2.44. The van der Waals surface area contributed by atoms with Crippen molar-refractivity contribution < 1.29 is 4.79 Å². The molecule has 3 nitrogen and oxygen atoms in total. The summed E-state index contributed by atoms with van der Waals surface area (Å²) in [5.74, 6) is 3.15. The Morgan fingerprint density at radius 2 is 2.19 bits per heavy atom. The summed E-state index contributed by atoms with van der Waals surface area (Å²) in [6, 6.07) is 8.54. The zero-order valence-electron chi connectivity index (χ0n) is 12.1. The van der Waals surface area contributed by atoms with Crippen molar-refractivity contribution in [1.82, 2.24) is 9.88 Å². The standard InChI is InChI=1S/C18H18N2O/c1-3-11(2)20-15-8-9-17(21)16(20)10-13-12-6-4-5-7-14(12)19-18(13)15/h1,4-7,11,15-16,19H,8-10H2,2H3/t11-,15-,16-/m0/s1. The first-order valence-corrected chi connectivity index (χ1v) is 7.56. The van der Waals surface area contributed by atoms with E-state index < -0.39 is 0 Å². The molecule has 0 amide bonds. The molecule has 2 aliphatic rings. The van der Waals surface area contributed by atoms with Gasteiger partial charge in [-0.1, -0.05) is 24.1 Å². The van der Waals surface area contributed by atoms with E-state index in [0.717, 1.165) is 18.4 Å². The molecule has 1 N–H and O–H groups in total. The number of Topliss-reactive ketones (excluding diaryl/α,β-unsaturated/α-hetero) is 1. The van der Waals surface area contributed by atoms with E-state index in [1.54, 1.807) is 0 Å². The van der Waals surface area contributed by atoms with Gasteiger partial charge < -0.3 is 4.98 Å². The van der Waals surface area contributed by atoms with Gasteiger partial charge in [0.15, 0.2) is 0 Å². The molecule has 1 saturated heterocycles. The van der Waals surface area contributed by atoms with Crippen LogP contribution in [0.3, 0.4) is 0 Å². The molecule has 2 aromatic rings. The molecule has 0 aliphatic carbocycles.